The highest BCUT2D eigenvalue weighted by molar-refractivity contribution is 7.92. The van der Waals surface area contributed by atoms with E-state index in [1.54, 1.807) is 42.5 Å². The van der Waals surface area contributed by atoms with Crippen LogP contribution >= 0.6 is 0 Å². The predicted molar refractivity (Wildman–Crippen MR) is 123 cm³/mol. The fraction of sp³-hybridized carbons (Fsp3) is 0.458. The normalized spacial score (nSPS) is 12.5. The Hall–Kier alpha value is -2.34. The first-order valence-corrected chi connectivity index (χ1v) is 11.8. The summed E-state index contributed by atoms with van der Waals surface area (Å²) in [6.45, 7) is 12.0. The number of sulfonamides is 1. The molecule has 0 atom stereocenters. The summed E-state index contributed by atoms with van der Waals surface area (Å²) >= 11 is 0. The molecule has 164 valence electrons. The Balaban J connectivity index is 2.35. The number of hydrogen-bond acceptors (Lipinski definition) is 3. The van der Waals surface area contributed by atoms with Gasteiger partial charge >= 0.3 is 0 Å². The van der Waals surface area contributed by atoms with Crippen LogP contribution in [0.3, 0.4) is 0 Å². The molecule has 0 aliphatic carbocycles. The van der Waals surface area contributed by atoms with Crippen LogP contribution in [0.5, 0.6) is 0 Å². The summed E-state index contributed by atoms with van der Waals surface area (Å²) in [6, 6.07) is 15.5. The summed E-state index contributed by atoms with van der Waals surface area (Å²) in [4.78, 5) is 13.1. The molecule has 2 aromatic rings. The Bertz CT molecular complexity index is 944. The maximum absolute atomic E-state index is 13.4. The first-order valence-electron chi connectivity index (χ1n) is 10.3. The van der Waals surface area contributed by atoms with Gasteiger partial charge in [-0.15, -0.1) is 0 Å². The molecule has 0 unspecified atom stereocenters. The summed E-state index contributed by atoms with van der Waals surface area (Å²) in [5, 5.41) is 3.01. The summed E-state index contributed by atoms with van der Waals surface area (Å²) in [6.07, 6.45) is 1.62. The van der Waals surface area contributed by atoms with Gasteiger partial charge in [-0.05, 0) is 61.9 Å². The average Bonchev–Trinajstić information content (AvgIpc) is 2.64. The predicted octanol–water partition coefficient (Wildman–Crippen LogP) is 4.78. The van der Waals surface area contributed by atoms with Gasteiger partial charge in [0.2, 0.25) is 5.91 Å². The van der Waals surface area contributed by atoms with Crippen LogP contribution in [-0.2, 0) is 21.2 Å². The van der Waals surface area contributed by atoms with Crippen LogP contribution in [0.4, 0.5) is 5.69 Å². The van der Waals surface area contributed by atoms with Crippen molar-refractivity contribution in [3.8, 4) is 0 Å². The summed E-state index contributed by atoms with van der Waals surface area (Å²) in [7, 11) is -3.89. The number of rotatable bonds is 8. The lowest BCUT2D eigenvalue weighted by Gasteiger charge is -2.34. The molecule has 0 radical (unpaired) electrons. The smallest absolute Gasteiger partial charge is 0.264 e. The molecule has 0 bridgehead atoms. The minimum Gasteiger partial charge on any atom is -0.350 e. The number of carbonyl (C=O) groups excluding carboxylic acids is 1. The standard InChI is InChI=1S/C24H34N2O3S/c1-7-19-13-15-20(16-14-19)26(30(28,29)21-11-9-8-10-12-21)17-22(27)25-24(5,6)18-23(2,3)4/h8-16H,7,17-18H2,1-6H3,(H,25,27). The van der Waals surface area contributed by atoms with E-state index in [1.807, 2.05) is 32.9 Å². The van der Waals surface area contributed by atoms with Gasteiger partial charge in [0.15, 0.2) is 0 Å². The van der Waals surface area contributed by atoms with Gasteiger partial charge in [0, 0.05) is 5.54 Å². The Morgan fingerprint density at radius 3 is 2.00 bits per heavy atom. The van der Waals surface area contributed by atoms with Gasteiger partial charge < -0.3 is 5.32 Å². The van der Waals surface area contributed by atoms with Crippen molar-refractivity contribution in [3.63, 3.8) is 0 Å². The van der Waals surface area contributed by atoms with Crippen LogP contribution in [0, 0.1) is 5.41 Å². The van der Waals surface area contributed by atoms with Crippen LogP contribution in [0.25, 0.3) is 0 Å². The third-order valence-corrected chi connectivity index (χ3v) is 6.49. The number of amides is 1. The lowest BCUT2D eigenvalue weighted by atomic mass is 9.82. The van der Waals surface area contributed by atoms with Crippen molar-refractivity contribution in [1.82, 2.24) is 5.32 Å². The maximum Gasteiger partial charge on any atom is 0.264 e. The minimum absolute atomic E-state index is 0.0303. The van der Waals surface area contributed by atoms with Gasteiger partial charge in [0.1, 0.15) is 6.54 Å². The van der Waals surface area contributed by atoms with Crippen molar-refractivity contribution < 1.29 is 13.2 Å². The molecule has 1 amide bonds. The highest BCUT2D eigenvalue weighted by atomic mass is 32.2. The third-order valence-electron chi connectivity index (χ3n) is 4.70. The molecule has 0 aromatic heterocycles. The zero-order valence-corrected chi connectivity index (χ0v) is 19.7. The van der Waals surface area contributed by atoms with E-state index >= 15 is 0 Å². The van der Waals surface area contributed by atoms with Crippen LogP contribution in [0.1, 0.15) is 53.5 Å². The van der Waals surface area contributed by atoms with E-state index < -0.39 is 15.6 Å². The fourth-order valence-electron chi connectivity index (χ4n) is 3.85. The summed E-state index contributed by atoms with van der Waals surface area (Å²) < 4.78 is 27.9. The van der Waals surface area contributed by atoms with Gasteiger partial charge in [-0.1, -0.05) is 58.0 Å². The Morgan fingerprint density at radius 1 is 0.933 bits per heavy atom. The Morgan fingerprint density at radius 2 is 1.50 bits per heavy atom. The number of aryl methyl sites for hydroxylation is 1. The van der Waals surface area contributed by atoms with E-state index in [9.17, 15) is 13.2 Å². The average molecular weight is 431 g/mol. The number of anilines is 1. The molecule has 30 heavy (non-hydrogen) atoms. The molecule has 0 spiro atoms. The van der Waals surface area contributed by atoms with Gasteiger partial charge in [0.25, 0.3) is 10.0 Å². The molecule has 1 N–H and O–H groups in total. The molecule has 0 aliphatic rings. The molecule has 0 saturated carbocycles. The van der Waals surface area contributed by atoms with Crippen molar-refractivity contribution in [2.75, 3.05) is 10.8 Å². The van der Waals surface area contributed by atoms with Crippen LogP contribution < -0.4 is 9.62 Å². The third kappa shape index (κ3) is 6.59. The fourth-order valence-corrected chi connectivity index (χ4v) is 5.29. The molecule has 0 saturated heterocycles. The first kappa shape index (κ1) is 23.9. The molecular weight excluding hydrogens is 396 g/mol. The van der Waals surface area contributed by atoms with Crippen molar-refractivity contribution in [1.29, 1.82) is 0 Å². The first-order chi connectivity index (χ1) is 13.8. The summed E-state index contributed by atoms with van der Waals surface area (Å²) in [5.74, 6) is -0.330. The number of carbonyl (C=O) groups is 1. The van der Waals surface area contributed by atoms with Crippen molar-refractivity contribution in [2.45, 2.75) is 64.8 Å². The summed E-state index contributed by atoms with van der Waals surface area (Å²) in [5.41, 5.74) is 1.15. The molecule has 0 fully saturated rings. The van der Waals surface area contributed by atoms with Crippen LogP contribution in [-0.4, -0.2) is 26.4 Å². The highest BCUT2D eigenvalue weighted by Gasteiger charge is 2.31. The largest absolute Gasteiger partial charge is 0.350 e. The van der Waals surface area contributed by atoms with E-state index in [0.717, 1.165) is 18.4 Å². The zero-order chi connectivity index (χ0) is 22.6. The quantitative estimate of drug-likeness (QED) is 0.656. The van der Waals surface area contributed by atoms with Crippen molar-refractivity contribution in [2.24, 2.45) is 5.41 Å². The van der Waals surface area contributed by atoms with Crippen molar-refractivity contribution in [3.05, 3.63) is 60.2 Å². The van der Waals surface area contributed by atoms with Crippen LogP contribution in [0.2, 0.25) is 0 Å². The van der Waals surface area contributed by atoms with Gasteiger partial charge in [-0.2, -0.15) is 0 Å². The number of benzene rings is 2. The minimum atomic E-state index is -3.89. The monoisotopic (exact) mass is 430 g/mol. The molecular formula is C24H34N2O3S. The van der Waals surface area contributed by atoms with Gasteiger partial charge in [-0.25, -0.2) is 8.42 Å². The van der Waals surface area contributed by atoms with E-state index in [2.05, 4.69) is 26.1 Å². The number of hydrogen-bond donors (Lipinski definition) is 1. The van der Waals surface area contributed by atoms with Gasteiger partial charge in [0.05, 0.1) is 10.6 Å². The SMILES string of the molecule is CCc1ccc(N(CC(=O)NC(C)(C)CC(C)(C)C)S(=O)(=O)c2ccccc2)cc1. The van der Waals surface area contributed by atoms with E-state index in [0.29, 0.717) is 5.69 Å². The second-order valence-corrected chi connectivity index (χ2v) is 11.4. The topological polar surface area (TPSA) is 66.5 Å². The molecule has 2 rings (SSSR count). The molecule has 5 nitrogen and oxygen atoms in total. The highest BCUT2D eigenvalue weighted by Crippen LogP contribution is 2.28. The number of nitrogens with zero attached hydrogens (tertiary/aromatic N) is 1. The Labute approximate surface area is 181 Å². The number of nitrogens with one attached hydrogen (secondary N) is 1. The lowest BCUT2D eigenvalue weighted by molar-refractivity contribution is -0.121. The van der Waals surface area contributed by atoms with Crippen molar-refractivity contribution >= 4 is 21.6 Å². The van der Waals surface area contributed by atoms with Gasteiger partial charge in [-0.3, -0.25) is 9.10 Å². The van der Waals surface area contributed by atoms with E-state index in [4.69, 9.17) is 0 Å². The van der Waals surface area contributed by atoms with E-state index in [-0.39, 0.29) is 22.8 Å². The Kier molecular flexibility index (Phi) is 7.35. The second-order valence-electron chi connectivity index (χ2n) is 9.51. The second kappa shape index (κ2) is 9.21. The van der Waals surface area contributed by atoms with E-state index in [1.165, 1.54) is 4.31 Å². The zero-order valence-electron chi connectivity index (χ0n) is 18.9. The van der Waals surface area contributed by atoms with Crippen LogP contribution in [0.15, 0.2) is 59.5 Å². The lowest BCUT2D eigenvalue weighted by Crippen LogP contribution is -2.50. The molecule has 6 heteroatoms. The molecule has 0 aliphatic heterocycles. The maximum atomic E-state index is 13.4. The molecule has 0 heterocycles. The molecule has 2 aromatic carbocycles.